The number of nitrogens with zero attached hydrogens (tertiary/aromatic N) is 3. The molecular weight excluding hydrogens is 430 g/mol. The van der Waals surface area contributed by atoms with Crippen LogP contribution in [0.1, 0.15) is 18.2 Å². The molecule has 3 aromatic rings. The molecule has 30 heavy (non-hydrogen) atoms. The number of carbonyl (C=O) groups is 1. The first-order chi connectivity index (χ1) is 13.5. The zero-order chi connectivity index (χ0) is 21.4. The van der Waals surface area contributed by atoms with Crippen molar-refractivity contribution in [3.63, 3.8) is 0 Å². The van der Waals surface area contributed by atoms with E-state index in [4.69, 9.17) is 0 Å². The Morgan fingerprint density at radius 3 is 2.10 bits per heavy atom. The number of hydrogen-bond acceptors (Lipinski definition) is 4. The summed E-state index contributed by atoms with van der Waals surface area (Å²) in [6, 6.07) is 12.7. The average Bonchev–Trinajstić information content (AvgIpc) is 3.07. The number of amides is 1. The number of alkyl halides is 3. The van der Waals surface area contributed by atoms with Crippen LogP contribution in [0.3, 0.4) is 0 Å². The van der Waals surface area contributed by atoms with Gasteiger partial charge in [-0.3, -0.25) is 0 Å². The molecule has 0 aliphatic rings. The van der Waals surface area contributed by atoms with Crippen molar-refractivity contribution in [3.05, 3.63) is 70.6 Å². The van der Waals surface area contributed by atoms with Gasteiger partial charge in [0.2, 0.25) is 0 Å². The molecule has 1 aromatic heterocycles. The Morgan fingerprint density at radius 1 is 1.03 bits per heavy atom. The third kappa shape index (κ3) is 5.31. The van der Waals surface area contributed by atoms with Crippen molar-refractivity contribution < 1.29 is 55.9 Å². The van der Waals surface area contributed by atoms with E-state index in [1.54, 1.807) is 24.3 Å². The smallest absolute Gasteiger partial charge is 0.542 e. The molecule has 0 aliphatic carbocycles. The molecule has 1 amide bonds. The van der Waals surface area contributed by atoms with Crippen molar-refractivity contribution in [2.45, 2.75) is 24.9 Å². The van der Waals surface area contributed by atoms with Gasteiger partial charge >= 0.3 is 35.7 Å². The summed E-state index contributed by atoms with van der Waals surface area (Å²) in [4.78, 5) is 10.7. The van der Waals surface area contributed by atoms with Crippen molar-refractivity contribution >= 4 is 15.9 Å². The summed E-state index contributed by atoms with van der Waals surface area (Å²) in [6.45, 7) is 2.86. The summed E-state index contributed by atoms with van der Waals surface area (Å²) in [5.41, 5.74) is 0.803. The maximum atomic E-state index is 13.2. The van der Waals surface area contributed by atoms with Crippen LogP contribution in [-0.2, 0) is 21.0 Å². The third-order valence-corrected chi connectivity index (χ3v) is 5.34. The maximum absolute atomic E-state index is 13.2. The van der Waals surface area contributed by atoms with Crippen LogP contribution in [0.2, 0.25) is 0 Å². The van der Waals surface area contributed by atoms with E-state index in [-0.39, 0.29) is 45.8 Å². The van der Waals surface area contributed by atoms with Gasteiger partial charge in [-0.05, 0) is 44.2 Å². The van der Waals surface area contributed by atoms with Gasteiger partial charge in [0.25, 0.3) is 0 Å². The van der Waals surface area contributed by atoms with E-state index in [0.717, 1.165) is 35.4 Å². The summed E-state index contributed by atoms with van der Waals surface area (Å²) in [5.74, 6) is -0.877. The van der Waals surface area contributed by atoms with Crippen molar-refractivity contribution in [1.82, 2.24) is 9.78 Å². The molecular formula is C19H15F3N3NaO3S. The van der Waals surface area contributed by atoms with Crippen molar-refractivity contribution in [1.29, 1.82) is 0 Å². The first kappa shape index (κ1) is 24.1. The minimum absolute atomic E-state index is 0. The van der Waals surface area contributed by atoms with Crippen molar-refractivity contribution in [2.24, 2.45) is 0 Å². The zero-order valence-corrected chi connectivity index (χ0v) is 19.1. The predicted molar refractivity (Wildman–Crippen MR) is 100.0 cm³/mol. The van der Waals surface area contributed by atoms with Crippen LogP contribution in [-0.4, -0.2) is 24.1 Å². The van der Waals surface area contributed by atoms with Crippen LogP contribution in [0, 0.1) is 6.92 Å². The summed E-state index contributed by atoms with van der Waals surface area (Å²) in [5, 5.41) is 3.66. The molecule has 0 aliphatic heterocycles. The monoisotopic (exact) mass is 445 g/mol. The summed E-state index contributed by atoms with van der Waals surface area (Å²) >= 11 is 0. The van der Waals surface area contributed by atoms with Gasteiger partial charge in [-0.25, -0.2) is 13.1 Å². The Kier molecular flexibility index (Phi) is 7.18. The third-order valence-electron chi connectivity index (χ3n) is 3.98. The van der Waals surface area contributed by atoms with E-state index in [2.05, 4.69) is 9.82 Å². The van der Waals surface area contributed by atoms with Crippen molar-refractivity contribution in [3.8, 4) is 16.9 Å². The van der Waals surface area contributed by atoms with Crippen LogP contribution in [0.15, 0.2) is 59.5 Å². The van der Waals surface area contributed by atoms with Gasteiger partial charge in [-0.15, -0.1) is 0 Å². The van der Waals surface area contributed by atoms with Crippen molar-refractivity contribution in [2.75, 3.05) is 0 Å². The average molecular weight is 445 g/mol. The quantitative estimate of drug-likeness (QED) is 0.570. The van der Waals surface area contributed by atoms with E-state index in [0.29, 0.717) is 5.56 Å². The molecule has 0 fully saturated rings. The largest absolute Gasteiger partial charge is 1.00 e. The van der Waals surface area contributed by atoms with Crippen LogP contribution in [0.25, 0.3) is 21.7 Å². The number of halogens is 3. The molecule has 6 nitrogen and oxygen atoms in total. The summed E-state index contributed by atoms with van der Waals surface area (Å²) in [7, 11) is -4.18. The summed E-state index contributed by atoms with van der Waals surface area (Å²) in [6.07, 6.45) is -4.64. The number of aryl methyl sites for hydroxylation is 1. The van der Waals surface area contributed by atoms with E-state index >= 15 is 0 Å². The molecule has 0 unspecified atom stereocenters. The molecule has 3 rings (SSSR count). The number of hydrogen-bond donors (Lipinski definition) is 0. The standard InChI is InChI=1S/C19H16F3N3O3S.Na/c1-12-3-5-14(6-4-12)17-11-18(19(20,21)22)23-25(17)15-7-9-16(10-8-15)29(27,28)24-13(2)26;/h3-11H,1-2H3,(H,24,26);/q;+1/p-1. The number of rotatable bonds is 4. The predicted octanol–water partition coefficient (Wildman–Crippen LogP) is 1.48. The molecule has 0 bridgehead atoms. The first-order valence-electron chi connectivity index (χ1n) is 8.31. The van der Waals surface area contributed by atoms with Gasteiger partial charge < -0.3 is 9.52 Å². The van der Waals surface area contributed by atoms with E-state index in [1.807, 2.05) is 6.92 Å². The molecule has 0 saturated carbocycles. The molecule has 11 heteroatoms. The molecule has 0 saturated heterocycles. The fourth-order valence-electron chi connectivity index (χ4n) is 2.63. The molecule has 0 spiro atoms. The van der Waals surface area contributed by atoms with Gasteiger partial charge in [-0.2, -0.15) is 18.3 Å². The molecule has 0 N–H and O–H groups in total. The Hall–Kier alpha value is -2.14. The van der Waals surface area contributed by atoms with Gasteiger partial charge in [-0.1, -0.05) is 29.8 Å². The number of carbonyl (C=O) groups excluding carboxylic acids is 1. The van der Waals surface area contributed by atoms with E-state index in [1.165, 1.54) is 12.1 Å². The Bertz CT molecular complexity index is 1160. The van der Waals surface area contributed by atoms with E-state index < -0.39 is 27.8 Å². The van der Waals surface area contributed by atoms with Crippen LogP contribution in [0.4, 0.5) is 13.2 Å². The van der Waals surface area contributed by atoms with Crippen LogP contribution >= 0.6 is 0 Å². The fourth-order valence-corrected chi connectivity index (χ4v) is 3.55. The van der Waals surface area contributed by atoms with Gasteiger partial charge in [0.05, 0.1) is 22.2 Å². The SMILES string of the molecule is CC(=O)[N-]S(=O)(=O)c1ccc(-n2nc(C(F)(F)F)cc2-c2ccc(C)cc2)cc1.[Na+]. The Morgan fingerprint density at radius 2 is 1.60 bits per heavy atom. The minimum Gasteiger partial charge on any atom is -0.542 e. The van der Waals surface area contributed by atoms with Crippen LogP contribution < -0.4 is 29.6 Å². The number of aromatic nitrogens is 2. The molecule has 152 valence electrons. The Labute approximate surface area is 193 Å². The topological polar surface area (TPSA) is 83.1 Å². The van der Waals surface area contributed by atoms with E-state index in [9.17, 15) is 26.4 Å². The summed E-state index contributed by atoms with van der Waals surface area (Å²) < 4.78 is 67.8. The number of benzene rings is 2. The van der Waals surface area contributed by atoms with Gasteiger partial charge in [0.1, 0.15) is 10.0 Å². The fraction of sp³-hybridized carbons (Fsp3) is 0.158. The van der Waals surface area contributed by atoms with Gasteiger partial charge in [0.15, 0.2) is 5.69 Å². The normalized spacial score (nSPS) is 11.6. The molecule has 2 aromatic carbocycles. The molecule has 0 radical (unpaired) electrons. The second-order valence-corrected chi connectivity index (χ2v) is 7.87. The second kappa shape index (κ2) is 8.93. The minimum atomic E-state index is -4.64. The number of sulfonamides is 1. The molecule has 1 heterocycles. The first-order valence-corrected chi connectivity index (χ1v) is 9.75. The molecule has 0 atom stereocenters. The van der Waals surface area contributed by atoms with Crippen LogP contribution in [0.5, 0.6) is 0 Å². The van der Waals surface area contributed by atoms with Gasteiger partial charge in [0, 0.05) is 5.56 Å². The second-order valence-electron chi connectivity index (χ2n) is 6.27. The maximum Gasteiger partial charge on any atom is 1.00 e. The zero-order valence-electron chi connectivity index (χ0n) is 16.3. The Balaban J connectivity index is 0.00000320.